The van der Waals surface area contributed by atoms with Gasteiger partial charge in [-0.15, -0.1) is 11.3 Å². The minimum absolute atomic E-state index is 0.497. The second-order valence-corrected chi connectivity index (χ2v) is 4.73. The van der Waals surface area contributed by atoms with Gasteiger partial charge in [0.2, 0.25) is 0 Å². The second-order valence-electron chi connectivity index (χ2n) is 3.87. The Hall–Kier alpha value is -1.59. The number of nitrogens with two attached hydrogens (primary N) is 1. The molecule has 1 aromatic heterocycles. The number of nitrogens with one attached hydrogen (secondary N) is 1. The van der Waals surface area contributed by atoms with Crippen LogP contribution in [0.5, 0.6) is 5.75 Å². The van der Waals surface area contributed by atoms with Crippen LogP contribution < -0.4 is 15.8 Å². The highest BCUT2D eigenvalue weighted by molar-refractivity contribution is 7.13. The quantitative estimate of drug-likeness (QED) is 0.839. The molecule has 96 valence electrons. The average Bonchev–Trinajstić information content (AvgIpc) is 2.87. The number of anilines is 1. The molecule has 0 saturated heterocycles. The van der Waals surface area contributed by atoms with Gasteiger partial charge in [-0.3, -0.25) is 0 Å². The standard InChI is InChI=1S/C13H17N3OS/c1-17-12-4-2-10(3-5-12)6-7-15-13-16-11(8-14)9-18-13/h2-5,9H,6-8,14H2,1H3,(H,15,16). The highest BCUT2D eigenvalue weighted by atomic mass is 32.1. The van der Waals surface area contributed by atoms with Gasteiger partial charge in [0, 0.05) is 18.5 Å². The summed E-state index contributed by atoms with van der Waals surface area (Å²) < 4.78 is 5.12. The van der Waals surface area contributed by atoms with Gasteiger partial charge in [-0.2, -0.15) is 0 Å². The van der Waals surface area contributed by atoms with Gasteiger partial charge in [0.15, 0.2) is 5.13 Å². The topological polar surface area (TPSA) is 60.2 Å². The van der Waals surface area contributed by atoms with Crippen LogP contribution in [0.2, 0.25) is 0 Å². The van der Waals surface area contributed by atoms with E-state index in [-0.39, 0.29) is 0 Å². The smallest absolute Gasteiger partial charge is 0.182 e. The number of methoxy groups -OCH3 is 1. The zero-order valence-corrected chi connectivity index (χ0v) is 11.2. The van der Waals surface area contributed by atoms with Crippen molar-refractivity contribution >= 4 is 16.5 Å². The molecule has 2 aromatic rings. The fourth-order valence-corrected chi connectivity index (χ4v) is 2.34. The Morgan fingerprint density at radius 2 is 2.11 bits per heavy atom. The predicted octanol–water partition coefficient (Wildman–Crippen LogP) is 2.27. The molecule has 0 unspecified atom stereocenters. The molecule has 0 aliphatic heterocycles. The lowest BCUT2D eigenvalue weighted by Crippen LogP contribution is -2.05. The Morgan fingerprint density at radius 3 is 2.72 bits per heavy atom. The van der Waals surface area contributed by atoms with Crippen LogP contribution in [0.1, 0.15) is 11.3 Å². The molecule has 4 nitrogen and oxygen atoms in total. The van der Waals surface area contributed by atoms with E-state index in [2.05, 4.69) is 22.4 Å². The number of benzene rings is 1. The molecular weight excluding hydrogens is 246 g/mol. The molecule has 3 N–H and O–H groups in total. The van der Waals surface area contributed by atoms with Crippen LogP contribution in [-0.2, 0) is 13.0 Å². The fraction of sp³-hybridized carbons (Fsp3) is 0.308. The maximum absolute atomic E-state index is 5.51. The normalized spacial score (nSPS) is 10.3. The lowest BCUT2D eigenvalue weighted by Gasteiger charge is -2.04. The van der Waals surface area contributed by atoms with Crippen LogP contribution >= 0.6 is 11.3 Å². The molecule has 1 aromatic carbocycles. The second kappa shape index (κ2) is 6.37. The van der Waals surface area contributed by atoms with E-state index < -0.39 is 0 Å². The summed E-state index contributed by atoms with van der Waals surface area (Å²) in [6.45, 7) is 1.36. The van der Waals surface area contributed by atoms with Crippen molar-refractivity contribution in [3.63, 3.8) is 0 Å². The molecule has 5 heteroatoms. The van der Waals surface area contributed by atoms with Crippen molar-refractivity contribution < 1.29 is 4.74 Å². The van der Waals surface area contributed by atoms with E-state index in [0.29, 0.717) is 6.54 Å². The average molecular weight is 263 g/mol. The van der Waals surface area contributed by atoms with Gasteiger partial charge in [-0.25, -0.2) is 4.98 Å². The third-order valence-corrected chi connectivity index (χ3v) is 3.46. The summed E-state index contributed by atoms with van der Waals surface area (Å²) in [5.74, 6) is 0.888. The molecule has 0 bridgehead atoms. The molecule has 2 rings (SSSR count). The minimum atomic E-state index is 0.497. The molecule has 0 spiro atoms. The van der Waals surface area contributed by atoms with Gasteiger partial charge in [0.1, 0.15) is 5.75 Å². The number of hydrogen-bond acceptors (Lipinski definition) is 5. The van der Waals surface area contributed by atoms with Crippen molar-refractivity contribution in [1.82, 2.24) is 4.98 Å². The first-order chi connectivity index (χ1) is 8.81. The number of ether oxygens (including phenoxy) is 1. The highest BCUT2D eigenvalue weighted by Crippen LogP contribution is 2.15. The van der Waals surface area contributed by atoms with Gasteiger partial charge in [0.25, 0.3) is 0 Å². The van der Waals surface area contributed by atoms with Gasteiger partial charge in [-0.1, -0.05) is 12.1 Å². The Morgan fingerprint density at radius 1 is 1.33 bits per heavy atom. The molecule has 0 amide bonds. The number of rotatable bonds is 6. The highest BCUT2D eigenvalue weighted by Gasteiger charge is 2.00. The lowest BCUT2D eigenvalue weighted by atomic mass is 10.1. The van der Waals surface area contributed by atoms with Gasteiger partial charge >= 0.3 is 0 Å². The number of hydrogen-bond donors (Lipinski definition) is 2. The van der Waals surface area contributed by atoms with E-state index in [0.717, 1.165) is 29.5 Å². The lowest BCUT2D eigenvalue weighted by molar-refractivity contribution is 0.414. The van der Waals surface area contributed by atoms with Crippen LogP contribution in [0.25, 0.3) is 0 Å². The molecule has 1 heterocycles. The van der Waals surface area contributed by atoms with Crippen molar-refractivity contribution in [3.05, 3.63) is 40.9 Å². The molecule has 0 aliphatic carbocycles. The van der Waals surface area contributed by atoms with Crippen LogP contribution in [-0.4, -0.2) is 18.6 Å². The first-order valence-electron chi connectivity index (χ1n) is 5.83. The molecule has 0 atom stereocenters. The Balaban J connectivity index is 1.80. The van der Waals surface area contributed by atoms with Crippen molar-refractivity contribution in [1.29, 1.82) is 0 Å². The molecule has 18 heavy (non-hydrogen) atoms. The summed E-state index contributed by atoms with van der Waals surface area (Å²) in [6.07, 6.45) is 0.960. The van der Waals surface area contributed by atoms with Crippen molar-refractivity contribution in [2.24, 2.45) is 5.73 Å². The van der Waals surface area contributed by atoms with Crippen LogP contribution in [0.15, 0.2) is 29.6 Å². The summed E-state index contributed by atoms with van der Waals surface area (Å²) >= 11 is 1.59. The van der Waals surface area contributed by atoms with Gasteiger partial charge in [0.05, 0.1) is 12.8 Å². The molecule has 0 saturated carbocycles. The molecule has 0 aliphatic rings. The van der Waals surface area contributed by atoms with Crippen molar-refractivity contribution in [3.8, 4) is 5.75 Å². The monoisotopic (exact) mass is 263 g/mol. The summed E-state index contributed by atoms with van der Waals surface area (Å²) in [6, 6.07) is 8.11. The number of nitrogens with zero attached hydrogens (tertiary/aromatic N) is 1. The van der Waals surface area contributed by atoms with Crippen molar-refractivity contribution in [2.45, 2.75) is 13.0 Å². The van der Waals surface area contributed by atoms with E-state index >= 15 is 0 Å². The van der Waals surface area contributed by atoms with E-state index in [4.69, 9.17) is 10.5 Å². The summed E-state index contributed by atoms with van der Waals surface area (Å²) in [4.78, 5) is 4.35. The zero-order chi connectivity index (χ0) is 12.8. The first kappa shape index (κ1) is 12.9. The van der Waals surface area contributed by atoms with Gasteiger partial charge in [-0.05, 0) is 24.1 Å². The van der Waals surface area contributed by atoms with Crippen molar-refractivity contribution in [2.75, 3.05) is 19.0 Å². The Kier molecular flexibility index (Phi) is 4.55. The molecular formula is C13H17N3OS. The van der Waals surface area contributed by atoms with E-state index in [1.54, 1.807) is 18.4 Å². The maximum atomic E-state index is 5.51. The minimum Gasteiger partial charge on any atom is -0.497 e. The fourth-order valence-electron chi connectivity index (χ4n) is 1.59. The van der Waals surface area contributed by atoms with Crippen LogP contribution in [0.3, 0.4) is 0 Å². The number of thiazole rings is 1. The van der Waals surface area contributed by atoms with Crippen LogP contribution in [0, 0.1) is 0 Å². The third kappa shape index (κ3) is 3.45. The van der Waals surface area contributed by atoms with E-state index in [1.165, 1.54) is 5.56 Å². The summed E-state index contributed by atoms with van der Waals surface area (Å²) in [7, 11) is 1.67. The SMILES string of the molecule is COc1ccc(CCNc2nc(CN)cs2)cc1. The van der Waals surface area contributed by atoms with E-state index in [9.17, 15) is 0 Å². The summed E-state index contributed by atoms with van der Waals surface area (Å²) in [5, 5.41) is 6.21. The van der Waals surface area contributed by atoms with Gasteiger partial charge < -0.3 is 15.8 Å². The zero-order valence-electron chi connectivity index (χ0n) is 10.3. The molecule has 0 fully saturated rings. The third-order valence-electron chi connectivity index (χ3n) is 2.61. The predicted molar refractivity (Wildman–Crippen MR) is 75.2 cm³/mol. The Bertz CT molecular complexity index is 481. The molecule has 0 radical (unpaired) electrons. The van der Waals surface area contributed by atoms with Crippen LogP contribution in [0.4, 0.5) is 5.13 Å². The largest absolute Gasteiger partial charge is 0.497 e. The first-order valence-corrected chi connectivity index (χ1v) is 6.71. The Labute approximate surface area is 111 Å². The van der Waals surface area contributed by atoms with E-state index in [1.807, 2.05) is 17.5 Å². The summed E-state index contributed by atoms with van der Waals surface area (Å²) in [5.41, 5.74) is 7.73. The number of aromatic nitrogens is 1. The maximum Gasteiger partial charge on any atom is 0.182 e.